The van der Waals surface area contributed by atoms with E-state index >= 15 is 0 Å². The third kappa shape index (κ3) is 3.20. The lowest BCUT2D eigenvalue weighted by Gasteiger charge is -2.04. The molecule has 1 amide bonds. The molecule has 0 unspecified atom stereocenters. The molecule has 72 valence electrons. The number of hydrogen-bond donors (Lipinski definition) is 2. The monoisotopic (exact) mass is 188 g/mol. The lowest BCUT2D eigenvalue weighted by atomic mass is 10.2. The summed E-state index contributed by atoms with van der Waals surface area (Å²) in [6, 6.07) is 7.45. The van der Waals surface area contributed by atoms with E-state index in [4.69, 9.17) is 12.2 Å². The Kier molecular flexibility index (Phi) is 3.57. The lowest BCUT2D eigenvalue weighted by Crippen LogP contribution is -2.15. The van der Waals surface area contributed by atoms with Gasteiger partial charge in [-0.15, -0.1) is 6.42 Å². The Morgan fingerprint density at radius 3 is 3.00 bits per heavy atom. The first-order valence-corrected chi connectivity index (χ1v) is 4.31. The van der Waals surface area contributed by atoms with Gasteiger partial charge in [0, 0.05) is 24.2 Å². The van der Waals surface area contributed by atoms with Crippen molar-refractivity contribution in [3.8, 4) is 12.3 Å². The predicted molar refractivity (Wildman–Crippen MR) is 56.7 cm³/mol. The molecule has 0 aromatic heterocycles. The highest BCUT2D eigenvalue weighted by Gasteiger charge is 1.95. The number of anilines is 1. The molecule has 0 aliphatic rings. The normalized spacial score (nSPS) is 9.07. The molecule has 1 aromatic carbocycles. The Hall–Kier alpha value is -1.95. The highest BCUT2D eigenvalue weighted by atomic mass is 16.1. The molecule has 0 spiro atoms. The predicted octanol–water partition coefficient (Wildman–Crippen LogP) is 0.955. The number of nitrogens with one attached hydrogen (secondary N) is 1. The van der Waals surface area contributed by atoms with Crippen LogP contribution >= 0.6 is 0 Å². The van der Waals surface area contributed by atoms with Crippen molar-refractivity contribution in [2.24, 2.45) is 5.73 Å². The van der Waals surface area contributed by atoms with Crippen molar-refractivity contribution < 1.29 is 4.79 Å². The number of terminal acetylenes is 1. The van der Waals surface area contributed by atoms with Gasteiger partial charge in [-0.2, -0.15) is 0 Å². The Balaban J connectivity index is 2.51. The number of carbonyl (C=O) groups excluding carboxylic acids is 1. The van der Waals surface area contributed by atoms with Crippen molar-refractivity contribution in [3.05, 3.63) is 29.8 Å². The van der Waals surface area contributed by atoms with E-state index in [2.05, 4.69) is 11.2 Å². The van der Waals surface area contributed by atoms with Gasteiger partial charge in [0.25, 0.3) is 0 Å². The number of hydrogen-bond acceptors (Lipinski definition) is 2. The maximum absolute atomic E-state index is 10.5. The molecule has 14 heavy (non-hydrogen) atoms. The van der Waals surface area contributed by atoms with Crippen molar-refractivity contribution in [2.75, 3.05) is 11.9 Å². The molecule has 0 heterocycles. The molecule has 0 bridgehead atoms. The fourth-order valence-electron chi connectivity index (χ4n) is 1.05. The minimum absolute atomic E-state index is 0.314. The number of benzene rings is 1. The van der Waals surface area contributed by atoms with Crippen molar-refractivity contribution in [2.45, 2.75) is 6.42 Å². The molecule has 0 saturated heterocycles. The van der Waals surface area contributed by atoms with Crippen LogP contribution in [0.5, 0.6) is 0 Å². The van der Waals surface area contributed by atoms with E-state index in [1.807, 2.05) is 24.3 Å². The second-order valence-electron chi connectivity index (χ2n) is 2.87. The van der Waals surface area contributed by atoms with E-state index in [1.165, 1.54) is 0 Å². The summed E-state index contributed by atoms with van der Waals surface area (Å²) in [4.78, 5) is 10.5. The Morgan fingerprint density at radius 1 is 1.57 bits per heavy atom. The highest BCUT2D eigenvalue weighted by molar-refractivity contribution is 5.74. The zero-order valence-electron chi connectivity index (χ0n) is 7.79. The molecule has 0 saturated carbocycles. The molecule has 1 rings (SSSR count). The molecular weight excluding hydrogens is 176 g/mol. The largest absolute Gasteiger partial charge is 0.384 e. The van der Waals surface area contributed by atoms with Crippen molar-refractivity contribution in [1.82, 2.24) is 0 Å². The van der Waals surface area contributed by atoms with Crippen molar-refractivity contribution in [1.29, 1.82) is 0 Å². The molecule has 0 aliphatic heterocycles. The fraction of sp³-hybridized carbons (Fsp3) is 0.182. The molecule has 1 aromatic rings. The zero-order chi connectivity index (χ0) is 10.4. The SMILES string of the molecule is C#Cc1cccc(NCCC(N)=O)c1. The molecule has 0 fully saturated rings. The van der Waals surface area contributed by atoms with E-state index in [9.17, 15) is 4.79 Å². The first kappa shape index (κ1) is 10.1. The summed E-state index contributed by atoms with van der Waals surface area (Å²) in [6.45, 7) is 0.531. The molecule has 3 nitrogen and oxygen atoms in total. The van der Waals surface area contributed by atoms with Gasteiger partial charge in [0.2, 0.25) is 5.91 Å². The second kappa shape index (κ2) is 4.93. The summed E-state index contributed by atoms with van der Waals surface area (Å²) in [5, 5.41) is 3.05. The zero-order valence-corrected chi connectivity index (χ0v) is 7.79. The number of amides is 1. The van der Waals surface area contributed by atoms with E-state index in [0.717, 1.165) is 11.3 Å². The number of nitrogens with two attached hydrogens (primary N) is 1. The molecular formula is C11H12N2O. The van der Waals surface area contributed by atoms with Gasteiger partial charge in [-0.05, 0) is 18.2 Å². The number of carbonyl (C=O) groups is 1. The van der Waals surface area contributed by atoms with Crippen LogP contribution in [-0.4, -0.2) is 12.5 Å². The van der Waals surface area contributed by atoms with Crippen LogP contribution in [0.25, 0.3) is 0 Å². The molecule has 0 atom stereocenters. The molecule has 0 radical (unpaired) electrons. The second-order valence-corrected chi connectivity index (χ2v) is 2.87. The quantitative estimate of drug-likeness (QED) is 0.691. The van der Waals surface area contributed by atoms with Crippen LogP contribution in [0.1, 0.15) is 12.0 Å². The highest BCUT2D eigenvalue weighted by Crippen LogP contribution is 2.09. The van der Waals surface area contributed by atoms with E-state index in [1.54, 1.807) is 0 Å². The fourth-order valence-corrected chi connectivity index (χ4v) is 1.05. The van der Waals surface area contributed by atoms with E-state index in [-0.39, 0.29) is 5.91 Å². The van der Waals surface area contributed by atoms with Gasteiger partial charge in [0.1, 0.15) is 0 Å². The van der Waals surface area contributed by atoms with Gasteiger partial charge >= 0.3 is 0 Å². The van der Waals surface area contributed by atoms with Gasteiger partial charge in [-0.1, -0.05) is 12.0 Å². The van der Waals surface area contributed by atoms with Crippen LogP contribution in [0.3, 0.4) is 0 Å². The summed E-state index contributed by atoms with van der Waals surface area (Å²) in [5.41, 5.74) is 6.72. The lowest BCUT2D eigenvalue weighted by molar-refractivity contribution is -0.117. The Morgan fingerprint density at radius 2 is 2.36 bits per heavy atom. The van der Waals surface area contributed by atoms with Gasteiger partial charge in [0.15, 0.2) is 0 Å². The standard InChI is InChI=1S/C11H12N2O/c1-2-9-4-3-5-10(8-9)13-7-6-11(12)14/h1,3-5,8,13H,6-7H2,(H2,12,14). The molecule has 0 aliphatic carbocycles. The van der Waals surface area contributed by atoms with Gasteiger partial charge in [0.05, 0.1) is 0 Å². The van der Waals surface area contributed by atoms with Crippen molar-refractivity contribution >= 4 is 11.6 Å². The maximum Gasteiger partial charge on any atom is 0.219 e. The minimum atomic E-state index is -0.314. The van der Waals surface area contributed by atoms with Gasteiger partial charge in [-0.25, -0.2) is 0 Å². The topological polar surface area (TPSA) is 55.1 Å². The third-order valence-electron chi connectivity index (χ3n) is 1.73. The third-order valence-corrected chi connectivity index (χ3v) is 1.73. The van der Waals surface area contributed by atoms with Crippen LogP contribution in [0.4, 0.5) is 5.69 Å². The van der Waals surface area contributed by atoms with E-state index in [0.29, 0.717) is 13.0 Å². The van der Waals surface area contributed by atoms with Crippen LogP contribution < -0.4 is 11.1 Å². The average Bonchev–Trinajstić information content (AvgIpc) is 2.18. The van der Waals surface area contributed by atoms with Crippen molar-refractivity contribution in [3.63, 3.8) is 0 Å². The van der Waals surface area contributed by atoms with E-state index < -0.39 is 0 Å². The number of primary amides is 1. The first-order valence-electron chi connectivity index (χ1n) is 4.31. The van der Waals surface area contributed by atoms with Crippen LogP contribution in [-0.2, 0) is 4.79 Å². The first-order chi connectivity index (χ1) is 6.72. The smallest absolute Gasteiger partial charge is 0.219 e. The summed E-state index contributed by atoms with van der Waals surface area (Å²) < 4.78 is 0. The van der Waals surface area contributed by atoms with Crippen LogP contribution in [0.15, 0.2) is 24.3 Å². The molecule has 3 N–H and O–H groups in total. The number of rotatable bonds is 4. The van der Waals surface area contributed by atoms with Gasteiger partial charge in [-0.3, -0.25) is 4.79 Å². The average molecular weight is 188 g/mol. The summed E-state index contributed by atoms with van der Waals surface area (Å²) in [5.74, 6) is 2.22. The van der Waals surface area contributed by atoms with Gasteiger partial charge < -0.3 is 11.1 Å². The maximum atomic E-state index is 10.5. The molecule has 3 heteroatoms. The summed E-state index contributed by atoms with van der Waals surface area (Å²) in [7, 11) is 0. The summed E-state index contributed by atoms with van der Waals surface area (Å²) >= 11 is 0. The van der Waals surface area contributed by atoms with Crippen LogP contribution in [0, 0.1) is 12.3 Å². The summed E-state index contributed by atoms with van der Waals surface area (Å²) in [6.07, 6.45) is 5.56. The Bertz CT molecular complexity index is 366. The van der Waals surface area contributed by atoms with Crippen LogP contribution in [0.2, 0.25) is 0 Å². The Labute approximate surface area is 83.3 Å². The minimum Gasteiger partial charge on any atom is -0.384 e.